The maximum absolute atomic E-state index is 13.2. The second kappa shape index (κ2) is 8.86. The van der Waals surface area contributed by atoms with Crippen LogP contribution in [-0.2, 0) is 17.0 Å². The minimum atomic E-state index is -0.0861. The zero-order valence-corrected chi connectivity index (χ0v) is 18.2. The van der Waals surface area contributed by atoms with E-state index in [1.54, 1.807) is 29.0 Å². The minimum absolute atomic E-state index is 0.0232. The van der Waals surface area contributed by atoms with Crippen LogP contribution in [0.15, 0.2) is 69.1 Å². The van der Waals surface area contributed by atoms with Crippen molar-refractivity contribution in [3.63, 3.8) is 0 Å². The summed E-state index contributed by atoms with van der Waals surface area (Å²) in [5, 5.41) is 1.70. The Morgan fingerprint density at radius 3 is 2.87 bits per heavy atom. The molecule has 8 heteroatoms. The molecule has 0 aliphatic carbocycles. The van der Waals surface area contributed by atoms with Gasteiger partial charge in [-0.1, -0.05) is 53.7 Å². The number of aromatic nitrogens is 3. The third-order valence-corrected chi connectivity index (χ3v) is 6.43. The number of oxazole rings is 1. The topological polar surface area (TPSA) is 70.2 Å². The average Bonchev–Trinajstić information content (AvgIpc) is 3.47. The van der Waals surface area contributed by atoms with E-state index in [0.717, 1.165) is 25.0 Å². The van der Waals surface area contributed by atoms with Gasteiger partial charge in [-0.25, -0.2) is 9.97 Å². The van der Waals surface area contributed by atoms with Crippen LogP contribution in [0.1, 0.15) is 18.7 Å². The van der Waals surface area contributed by atoms with Crippen molar-refractivity contribution in [2.24, 2.45) is 0 Å². The van der Waals surface area contributed by atoms with E-state index < -0.39 is 0 Å². The van der Waals surface area contributed by atoms with Gasteiger partial charge in [0.15, 0.2) is 10.9 Å². The van der Waals surface area contributed by atoms with Gasteiger partial charge in [0, 0.05) is 17.2 Å². The molecule has 0 amide bonds. The SMILES string of the molecule is O=c1c2ccc(Cl)cc2nc(SCc2ncc(-c3ccccc3)o2)n1CC1CCCO1. The molecule has 1 fully saturated rings. The van der Waals surface area contributed by atoms with Gasteiger partial charge in [-0.3, -0.25) is 9.36 Å². The lowest BCUT2D eigenvalue weighted by atomic mass is 10.2. The van der Waals surface area contributed by atoms with Gasteiger partial charge in [0.25, 0.3) is 5.56 Å². The smallest absolute Gasteiger partial charge is 0.262 e. The number of benzene rings is 2. The molecule has 1 aliphatic rings. The first-order valence-corrected chi connectivity index (χ1v) is 11.5. The predicted octanol–water partition coefficient (Wildman–Crippen LogP) is 5.18. The second-order valence-corrected chi connectivity index (χ2v) is 8.76. The number of thioether (sulfide) groups is 1. The van der Waals surface area contributed by atoms with Gasteiger partial charge in [0.1, 0.15) is 0 Å². The van der Waals surface area contributed by atoms with E-state index in [2.05, 4.69) is 4.98 Å². The first kappa shape index (κ1) is 20.3. The Hall–Kier alpha value is -2.61. The van der Waals surface area contributed by atoms with E-state index >= 15 is 0 Å². The molecule has 0 spiro atoms. The molecule has 1 saturated heterocycles. The van der Waals surface area contributed by atoms with Crippen LogP contribution in [0.5, 0.6) is 0 Å². The fraction of sp³-hybridized carbons (Fsp3) is 0.261. The molecule has 2 aromatic carbocycles. The Morgan fingerprint density at radius 1 is 1.19 bits per heavy atom. The van der Waals surface area contributed by atoms with Crippen LogP contribution in [0.3, 0.4) is 0 Å². The van der Waals surface area contributed by atoms with Gasteiger partial charge in [-0.05, 0) is 31.0 Å². The number of ether oxygens (including phenoxy) is 1. The molecule has 0 radical (unpaired) electrons. The summed E-state index contributed by atoms with van der Waals surface area (Å²) < 4.78 is 13.4. The highest BCUT2D eigenvalue weighted by molar-refractivity contribution is 7.98. The molecule has 158 valence electrons. The molecule has 3 heterocycles. The second-order valence-electron chi connectivity index (χ2n) is 7.38. The molecule has 2 aromatic heterocycles. The van der Waals surface area contributed by atoms with Crippen LogP contribution in [0, 0.1) is 0 Å². The van der Waals surface area contributed by atoms with E-state index in [-0.39, 0.29) is 11.7 Å². The molecule has 0 saturated carbocycles. The van der Waals surface area contributed by atoms with E-state index in [4.69, 9.17) is 25.7 Å². The summed E-state index contributed by atoms with van der Waals surface area (Å²) in [5.41, 5.74) is 1.47. The molecule has 4 aromatic rings. The van der Waals surface area contributed by atoms with Crippen LogP contribution >= 0.6 is 23.4 Å². The summed E-state index contributed by atoms with van der Waals surface area (Å²) in [6, 6.07) is 15.0. The minimum Gasteiger partial charge on any atom is -0.440 e. The molecule has 5 rings (SSSR count). The lowest BCUT2D eigenvalue weighted by Gasteiger charge is -2.16. The van der Waals surface area contributed by atoms with Crippen LogP contribution in [0.2, 0.25) is 5.02 Å². The number of fused-ring (bicyclic) bond motifs is 1. The first-order chi connectivity index (χ1) is 15.2. The molecular weight excluding hydrogens is 434 g/mol. The fourth-order valence-corrected chi connectivity index (χ4v) is 4.70. The molecule has 1 unspecified atom stereocenters. The summed E-state index contributed by atoms with van der Waals surface area (Å²) in [6.45, 7) is 1.21. The molecule has 0 N–H and O–H groups in total. The summed E-state index contributed by atoms with van der Waals surface area (Å²) in [5.74, 6) is 1.75. The Labute approximate surface area is 188 Å². The van der Waals surface area contributed by atoms with Crippen LogP contribution < -0.4 is 5.56 Å². The van der Waals surface area contributed by atoms with Gasteiger partial charge < -0.3 is 9.15 Å². The van der Waals surface area contributed by atoms with Gasteiger partial charge in [-0.2, -0.15) is 0 Å². The maximum Gasteiger partial charge on any atom is 0.262 e. The molecule has 31 heavy (non-hydrogen) atoms. The van der Waals surface area contributed by atoms with Crippen molar-refractivity contribution in [3.05, 3.63) is 76.0 Å². The quantitative estimate of drug-likeness (QED) is 0.296. The molecule has 6 nitrogen and oxygen atoms in total. The third kappa shape index (κ3) is 4.39. The summed E-state index contributed by atoms with van der Waals surface area (Å²) >= 11 is 7.56. The average molecular weight is 454 g/mol. The molecule has 0 bridgehead atoms. The zero-order valence-electron chi connectivity index (χ0n) is 16.7. The van der Waals surface area contributed by atoms with Crippen molar-refractivity contribution < 1.29 is 9.15 Å². The molecular formula is C23H20ClN3O3S. The van der Waals surface area contributed by atoms with Crippen LogP contribution in [-0.4, -0.2) is 27.2 Å². The third-order valence-electron chi connectivity index (χ3n) is 5.23. The largest absolute Gasteiger partial charge is 0.440 e. The Kier molecular flexibility index (Phi) is 5.80. The van der Waals surface area contributed by atoms with Crippen molar-refractivity contribution in [2.75, 3.05) is 6.61 Å². The Balaban J connectivity index is 1.45. The van der Waals surface area contributed by atoms with Gasteiger partial charge in [-0.15, -0.1) is 0 Å². The standard InChI is InChI=1S/C23H20ClN3O3S/c24-16-8-9-18-19(11-16)26-23(27(22(18)28)13-17-7-4-10-29-17)31-14-21-25-12-20(30-21)15-5-2-1-3-6-15/h1-3,5-6,8-9,11-12,17H,4,7,10,13-14H2. The number of nitrogens with zero attached hydrogens (tertiary/aromatic N) is 3. The molecule has 1 atom stereocenters. The van der Waals surface area contributed by atoms with E-state index in [1.807, 2.05) is 30.3 Å². The lowest BCUT2D eigenvalue weighted by molar-refractivity contribution is 0.0937. The van der Waals surface area contributed by atoms with Crippen LogP contribution in [0.25, 0.3) is 22.2 Å². The van der Waals surface area contributed by atoms with Gasteiger partial charge in [0.05, 0.1) is 35.5 Å². The highest BCUT2D eigenvalue weighted by Crippen LogP contribution is 2.27. The van der Waals surface area contributed by atoms with E-state index in [9.17, 15) is 4.79 Å². The van der Waals surface area contributed by atoms with Crippen molar-refractivity contribution in [2.45, 2.75) is 36.4 Å². The predicted molar refractivity (Wildman–Crippen MR) is 121 cm³/mol. The molecule has 1 aliphatic heterocycles. The lowest BCUT2D eigenvalue weighted by Crippen LogP contribution is -2.28. The van der Waals surface area contributed by atoms with Crippen molar-refractivity contribution in [1.82, 2.24) is 14.5 Å². The highest BCUT2D eigenvalue weighted by atomic mass is 35.5. The Morgan fingerprint density at radius 2 is 2.06 bits per heavy atom. The van der Waals surface area contributed by atoms with Gasteiger partial charge >= 0.3 is 0 Å². The first-order valence-electron chi connectivity index (χ1n) is 10.1. The van der Waals surface area contributed by atoms with E-state index in [1.165, 1.54) is 11.8 Å². The summed E-state index contributed by atoms with van der Waals surface area (Å²) in [6.07, 6.45) is 3.69. The number of hydrogen-bond acceptors (Lipinski definition) is 6. The van der Waals surface area contributed by atoms with E-state index in [0.29, 0.717) is 45.0 Å². The van der Waals surface area contributed by atoms with Crippen molar-refractivity contribution in [1.29, 1.82) is 0 Å². The summed E-state index contributed by atoms with van der Waals surface area (Å²) in [7, 11) is 0. The maximum atomic E-state index is 13.2. The zero-order chi connectivity index (χ0) is 21.2. The normalized spacial score (nSPS) is 16.2. The number of halogens is 1. The Bertz CT molecular complexity index is 1270. The monoisotopic (exact) mass is 453 g/mol. The van der Waals surface area contributed by atoms with Crippen molar-refractivity contribution >= 4 is 34.3 Å². The fourth-order valence-electron chi connectivity index (χ4n) is 3.68. The van der Waals surface area contributed by atoms with Gasteiger partial charge in [0.2, 0.25) is 5.89 Å². The highest BCUT2D eigenvalue weighted by Gasteiger charge is 2.21. The van der Waals surface area contributed by atoms with Crippen molar-refractivity contribution in [3.8, 4) is 11.3 Å². The van der Waals surface area contributed by atoms with Crippen LogP contribution in [0.4, 0.5) is 0 Å². The number of rotatable bonds is 6. The number of hydrogen-bond donors (Lipinski definition) is 0. The summed E-state index contributed by atoms with van der Waals surface area (Å²) in [4.78, 5) is 22.3.